The summed E-state index contributed by atoms with van der Waals surface area (Å²) < 4.78 is 4.85. The van der Waals surface area contributed by atoms with Gasteiger partial charge in [0, 0.05) is 24.4 Å². The number of carbonyl (C=O) groups is 2. The van der Waals surface area contributed by atoms with E-state index in [0.717, 1.165) is 16.2 Å². The average Bonchev–Trinajstić information content (AvgIpc) is 2.91. The molecule has 2 amide bonds. The van der Waals surface area contributed by atoms with Crippen LogP contribution in [0.5, 0.6) is 0 Å². The summed E-state index contributed by atoms with van der Waals surface area (Å²) in [6.45, 7) is 0.347. The van der Waals surface area contributed by atoms with Gasteiger partial charge in [0.2, 0.25) is 17.7 Å². The number of nitrogens with zero attached hydrogens (tertiary/aromatic N) is 3. The Morgan fingerprint density at radius 3 is 2.52 bits per heavy atom. The maximum atomic E-state index is 11.8. The van der Waals surface area contributed by atoms with Gasteiger partial charge in [0.1, 0.15) is 5.69 Å². The molecule has 0 atom stereocenters. The molecule has 7 heteroatoms. The highest BCUT2D eigenvalue weighted by Gasteiger charge is 2.28. The van der Waals surface area contributed by atoms with Gasteiger partial charge in [-0.15, -0.1) is 0 Å². The number of hydrogen-bond acceptors (Lipinski definition) is 6. The Hall–Kier alpha value is -2.83. The maximum Gasteiger partial charge on any atom is 0.248 e. The van der Waals surface area contributed by atoms with Crippen molar-refractivity contribution in [3.05, 3.63) is 30.3 Å². The third-order valence-electron chi connectivity index (χ3n) is 3.44. The van der Waals surface area contributed by atoms with Crippen molar-refractivity contribution >= 4 is 23.4 Å². The van der Waals surface area contributed by atoms with Crippen molar-refractivity contribution in [2.75, 3.05) is 30.8 Å². The van der Waals surface area contributed by atoms with Crippen LogP contribution in [0.2, 0.25) is 0 Å². The van der Waals surface area contributed by atoms with E-state index in [2.05, 4.69) is 5.16 Å². The molecule has 2 N–H and O–H groups in total. The van der Waals surface area contributed by atoms with E-state index in [4.69, 9.17) is 10.3 Å². The summed E-state index contributed by atoms with van der Waals surface area (Å²) in [7, 11) is 1.50. The Labute approximate surface area is 120 Å². The van der Waals surface area contributed by atoms with Crippen LogP contribution < -0.4 is 10.6 Å². The van der Waals surface area contributed by atoms with Gasteiger partial charge in [-0.1, -0.05) is 17.3 Å². The summed E-state index contributed by atoms with van der Waals surface area (Å²) in [6.07, 6.45) is 0. The maximum absolute atomic E-state index is 11.8. The third kappa shape index (κ3) is 2.45. The first-order valence-electron chi connectivity index (χ1n) is 6.41. The van der Waals surface area contributed by atoms with Crippen molar-refractivity contribution in [1.82, 2.24) is 10.1 Å². The quantitative estimate of drug-likeness (QED) is 0.818. The van der Waals surface area contributed by atoms with Gasteiger partial charge < -0.3 is 15.2 Å². The van der Waals surface area contributed by atoms with Crippen LogP contribution in [0.1, 0.15) is 0 Å². The molecule has 1 aliphatic heterocycles. The van der Waals surface area contributed by atoms with E-state index in [1.54, 1.807) is 11.0 Å². The van der Waals surface area contributed by atoms with Gasteiger partial charge in [0.05, 0.1) is 13.1 Å². The third-order valence-corrected chi connectivity index (χ3v) is 3.44. The fraction of sp³-hybridized carbons (Fsp3) is 0.214. The highest BCUT2D eigenvalue weighted by atomic mass is 16.5. The summed E-state index contributed by atoms with van der Waals surface area (Å²) in [5.74, 6) is -0.204. The second-order valence-corrected chi connectivity index (χ2v) is 4.87. The molecule has 0 saturated carbocycles. The van der Waals surface area contributed by atoms with Crippen LogP contribution in [-0.4, -0.2) is 42.0 Å². The van der Waals surface area contributed by atoms with E-state index in [0.29, 0.717) is 5.69 Å². The van der Waals surface area contributed by atoms with Gasteiger partial charge in [0.15, 0.2) is 0 Å². The minimum absolute atomic E-state index is 0.173. The lowest BCUT2D eigenvalue weighted by Gasteiger charge is -2.32. The molecule has 0 spiro atoms. The van der Waals surface area contributed by atoms with Gasteiger partial charge >= 0.3 is 0 Å². The first-order valence-corrected chi connectivity index (χ1v) is 6.41. The van der Waals surface area contributed by atoms with Gasteiger partial charge in [0.25, 0.3) is 0 Å². The minimum atomic E-state index is -0.220. The Kier molecular flexibility index (Phi) is 3.09. The van der Waals surface area contributed by atoms with Crippen molar-refractivity contribution in [2.24, 2.45) is 0 Å². The molecule has 1 aliphatic rings. The van der Waals surface area contributed by atoms with E-state index >= 15 is 0 Å². The summed E-state index contributed by atoms with van der Waals surface area (Å²) >= 11 is 0. The summed E-state index contributed by atoms with van der Waals surface area (Å²) in [6, 6.07) is 9.02. The van der Waals surface area contributed by atoms with Crippen molar-refractivity contribution in [2.45, 2.75) is 0 Å². The van der Waals surface area contributed by atoms with Crippen molar-refractivity contribution in [3.8, 4) is 11.3 Å². The molecule has 108 valence electrons. The standard InChI is InChI=1S/C14H14N4O3/c1-17-13(19)7-18(8-14(17)20)10-4-2-3-9(5-10)11-6-12(15)21-16-11/h2-6H,7-8,15H2,1H3. The minimum Gasteiger partial charge on any atom is -0.368 e. The van der Waals surface area contributed by atoms with E-state index in [-0.39, 0.29) is 30.8 Å². The first-order chi connectivity index (χ1) is 10.0. The smallest absolute Gasteiger partial charge is 0.248 e. The van der Waals surface area contributed by atoms with Crippen LogP contribution in [0, 0.1) is 0 Å². The predicted molar refractivity (Wildman–Crippen MR) is 76.3 cm³/mol. The first kappa shape index (κ1) is 13.2. The molecule has 2 aromatic rings. The number of hydrogen-bond donors (Lipinski definition) is 1. The van der Waals surface area contributed by atoms with Gasteiger partial charge in [-0.25, -0.2) is 0 Å². The number of anilines is 2. The number of carbonyl (C=O) groups excluding carboxylic acids is 2. The van der Waals surface area contributed by atoms with E-state index < -0.39 is 0 Å². The van der Waals surface area contributed by atoms with Crippen molar-refractivity contribution in [1.29, 1.82) is 0 Å². The number of piperazine rings is 1. The zero-order valence-corrected chi connectivity index (χ0v) is 11.4. The fourth-order valence-electron chi connectivity index (χ4n) is 2.20. The predicted octanol–water partition coefficient (Wildman–Crippen LogP) is 0.729. The summed E-state index contributed by atoms with van der Waals surface area (Å²) in [5, 5.41) is 3.85. The molecule has 0 bridgehead atoms. The highest BCUT2D eigenvalue weighted by Crippen LogP contribution is 2.26. The highest BCUT2D eigenvalue weighted by molar-refractivity contribution is 6.02. The number of aromatic nitrogens is 1. The number of rotatable bonds is 2. The molecule has 0 radical (unpaired) electrons. The number of benzene rings is 1. The molecule has 0 aliphatic carbocycles. The van der Waals surface area contributed by atoms with Crippen molar-refractivity contribution in [3.63, 3.8) is 0 Å². The SMILES string of the molecule is CN1C(=O)CN(c2cccc(-c3cc(N)on3)c2)CC1=O. The Morgan fingerprint density at radius 1 is 1.19 bits per heavy atom. The van der Waals surface area contributed by atoms with Crippen LogP contribution in [0.25, 0.3) is 11.3 Å². The lowest BCUT2D eigenvalue weighted by Crippen LogP contribution is -2.52. The van der Waals surface area contributed by atoms with E-state index in [1.807, 2.05) is 24.3 Å². The lowest BCUT2D eigenvalue weighted by atomic mass is 10.1. The summed E-state index contributed by atoms with van der Waals surface area (Å²) in [5.41, 5.74) is 7.72. The average molecular weight is 286 g/mol. The largest absolute Gasteiger partial charge is 0.368 e. The molecule has 7 nitrogen and oxygen atoms in total. The molecule has 21 heavy (non-hydrogen) atoms. The molecular weight excluding hydrogens is 272 g/mol. The fourth-order valence-corrected chi connectivity index (χ4v) is 2.20. The van der Waals surface area contributed by atoms with Gasteiger partial charge in [-0.2, -0.15) is 0 Å². The van der Waals surface area contributed by atoms with Crippen molar-refractivity contribution < 1.29 is 14.1 Å². The Balaban J connectivity index is 1.90. The zero-order chi connectivity index (χ0) is 15.0. The number of amides is 2. The number of nitrogen functional groups attached to an aromatic ring is 1. The molecule has 1 fully saturated rings. The van der Waals surface area contributed by atoms with Crippen LogP contribution in [-0.2, 0) is 9.59 Å². The Bertz CT molecular complexity index is 692. The lowest BCUT2D eigenvalue weighted by molar-refractivity contribution is -0.143. The zero-order valence-electron chi connectivity index (χ0n) is 11.4. The molecule has 3 rings (SSSR count). The number of likely N-dealkylation sites (N-methyl/N-ethyl adjacent to an activating group) is 1. The molecule has 1 aromatic heterocycles. The number of imide groups is 1. The topological polar surface area (TPSA) is 92.7 Å². The molecule has 1 aromatic carbocycles. The normalized spacial score (nSPS) is 15.7. The molecule has 0 unspecified atom stereocenters. The molecule has 2 heterocycles. The summed E-state index contributed by atoms with van der Waals surface area (Å²) in [4.78, 5) is 26.4. The monoisotopic (exact) mass is 286 g/mol. The van der Waals surface area contributed by atoms with Crippen LogP contribution in [0.4, 0.5) is 11.6 Å². The van der Waals surface area contributed by atoms with Crippen LogP contribution in [0.15, 0.2) is 34.9 Å². The van der Waals surface area contributed by atoms with E-state index in [9.17, 15) is 9.59 Å². The molecular formula is C14H14N4O3. The molecule has 1 saturated heterocycles. The number of nitrogens with two attached hydrogens (primary N) is 1. The van der Waals surface area contributed by atoms with E-state index in [1.165, 1.54) is 7.05 Å². The van der Waals surface area contributed by atoms with Gasteiger partial charge in [-0.05, 0) is 12.1 Å². The van der Waals surface area contributed by atoms with Crippen LogP contribution >= 0.6 is 0 Å². The van der Waals surface area contributed by atoms with Crippen LogP contribution in [0.3, 0.4) is 0 Å². The second kappa shape index (κ2) is 4.93. The van der Waals surface area contributed by atoms with Gasteiger partial charge in [-0.3, -0.25) is 14.5 Å². The second-order valence-electron chi connectivity index (χ2n) is 4.87. The Morgan fingerprint density at radius 2 is 1.90 bits per heavy atom.